The Morgan fingerprint density at radius 1 is 1.29 bits per heavy atom. The molecular formula is C14H18ClPS. The van der Waals surface area contributed by atoms with Crippen LogP contribution in [0.4, 0.5) is 0 Å². The van der Waals surface area contributed by atoms with Crippen molar-refractivity contribution in [2.75, 3.05) is 0 Å². The highest BCUT2D eigenvalue weighted by atomic mass is 35.5. The largest absolute Gasteiger partial charge is 0.0836 e. The van der Waals surface area contributed by atoms with Crippen molar-refractivity contribution in [3.63, 3.8) is 0 Å². The summed E-state index contributed by atoms with van der Waals surface area (Å²) in [6.45, 7) is 2.10. The van der Waals surface area contributed by atoms with Gasteiger partial charge in [0, 0.05) is 15.2 Å². The number of thiocarbonyl (C=S) groups is 1. The van der Waals surface area contributed by atoms with Crippen LogP contribution in [0, 0.1) is 6.92 Å². The normalized spacial score (nSPS) is 17.8. The second-order valence-electron chi connectivity index (χ2n) is 4.74. The van der Waals surface area contributed by atoms with E-state index in [4.69, 9.17) is 23.8 Å². The van der Waals surface area contributed by atoms with Gasteiger partial charge in [0.25, 0.3) is 0 Å². The zero-order valence-corrected chi connectivity index (χ0v) is 12.7. The Kier molecular flexibility index (Phi) is 4.97. The van der Waals surface area contributed by atoms with Crippen LogP contribution >= 0.6 is 32.4 Å². The minimum Gasteiger partial charge on any atom is -0.0836 e. The molecule has 3 heteroatoms. The quantitative estimate of drug-likeness (QED) is 0.534. The van der Waals surface area contributed by atoms with E-state index in [9.17, 15) is 0 Å². The van der Waals surface area contributed by atoms with Crippen molar-refractivity contribution in [1.29, 1.82) is 0 Å². The van der Waals surface area contributed by atoms with E-state index in [1.54, 1.807) is 0 Å². The monoisotopic (exact) mass is 284 g/mol. The third kappa shape index (κ3) is 3.50. The highest BCUT2D eigenvalue weighted by Gasteiger charge is 2.17. The summed E-state index contributed by atoms with van der Waals surface area (Å²) in [5, 5.41) is 0.818. The molecule has 0 saturated heterocycles. The fourth-order valence-electron chi connectivity index (χ4n) is 2.42. The van der Waals surface area contributed by atoms with Crippen LogP contribution < -0.4 is 0 Å². The van der Waals surface area contributed by atoms with Crippen LogP contribution in [0.15, 0.2) is 18.2 Å². The molecule has 0 spiro atoms. The summed E-state index contributed by atoms with van der Waals surface area (Å²) in [6.07, 6.45) is 6.85. The Hall–Kier alpha value is 0.0300. The smallest absolute Gasteiger partial charge is 0.0495 e. The Bertz CT molecular complexity index is 390. The van der Waals surface area contributed by atoms with Crippen LogP contribution in [0.3, 0.4) is 0 Å². The Balaban J connectivity index is 2.08. The molecule has 0 nitrogen and oxygen atoms in total. The molecule has 1 aromatic rings. The molecule has 17 heavy (non-hydrogen) atoms. The van der Waals surface area contributed by atoms with E-state index in [-0.39, 0.29) is 0 Å². The van der Waals surface area contributed by atoms with E-state index < -0.39 is 0 Å². The molecule has 1 fully saturated rings. The molecule has 1 saturated carbocycles. The number of benzene rings is 1. The summed E-state index contributed by atoms with van der Waals surface area (Å²) in [6, 6.07) is 6.04. The maximum atomic E-state index is 6.26. The molecule has 1 atom stereocenters. The molecule has 0 heterocycles. The van der Waals surface area contributed by atoms with E-state index in [0.29, 0.717) is 0 Å². The highest BCUT2D eigenvalue weighted by Crippen LogP contribution is 2.38. The van der Waals surface area contributed by atoms with Crippen molar-refractivity contribution in [1.82, 2.24) is 0 Å². The van der Waals surface area contributed by atoms with Crippen molar-refractivity contribution in [2.24, 2.45) is 0 Å². The predicted octanol–water partition coefficient (Wildman–Crippen LogP) is 5.34. The Labute approximate surface area is 116 Å². The molecule has 1 aromatic carbocycles. The van der Waals surface area contributed by atoms with Gasteiger partial charge in [0.05, 0.1) is 0 Å². The van der Waals surface area contributed by atoms with Gasteiger partial charge < -0.3 is 0 Å². The van der Waals surface area contributed by atoms with Gasteiger partial charge in [0.1, 0.15) is 0 Å². The number of halogens is 1. The molecular weight excluding hydrogens is 267 g/mol. The summed E-state index contributed by atoms with van der Waals surface area (Å²) in [5.74, 6) is 0. The molecule has 1 aliphatic carbocycles. The first-order valence-electron chi connectivity index (χ1n) is 6.24. The minimum atomic E-state index is 0.772. The fraction of sp³-hybridized carbons (Fsp3) is 0.500. The van der Waals surface area contributed by atoms with Crippen molar-refractivity contribution < 1.29 is 0 Å². The molecule has 0 aromatic heterocycles. The van der Waals surface area contributed by atoms with E-state index in [2.05, 4.69) is 13.0 Å². The van der Waals surface area contributed by atoms with Gasteiger partial charge in [-0.1, -0.05) is 63.8 Å². The van der Waals surface area contributed by atoms with Gasteiger partial charge in [-0.3, -0.25) is 0 Å². The third-order valence-corrected chi connectivity index (χ3v) is 5.76. The first-order valence-corrected chi connectivity index (χ1v) is 8.11. The molecule has 0 aliphatic heterocycles. The maximum Gasteiger partial charge on any atom is 0.0495 e. The van der Waals surface area contributed by atoms with Gasteiger partial charge in [-0.25, -0.2) is 0 Å². The lowest BCUT2D eigenvalue weighted by atomic mass is 10.0. The average Bonchev–Trinajstić information content (AvgIpc) is 2.30. The van der Waals surface area contributed by atoms with Gasteiger partial charge in [0.2, 0.25) is 0 Å². The molecule has 0 radical (unpaired) electrons. The summed E-state index contributed by atoms with van der Waals surface area (Å²) >= 11 is 11.9. The van der Waals surface area contributed by atoms with Crippen LogP contribution in [-0.2, 0) is 0 Å². The second kappa shape index (κ2) is 6.27. The van der Waals surface area contributed by atoms with Gasteiger partial charge in [0.15, 0.2) is 0 Å². The van der Waals surface area contributed by atoms with Crippen LogP contribution in [0.1, 0.15) is 43.2 Å². The van der Waals surface area contributed by atoms with E-state index in [1.165, 1.54) is 37.7 Å². The van der Waals surface area contributed by atoms with Gasteiger partial charge >= 0.3 is 0 Å². The lowest BCUT2D eigenvalue weighted by Gasteiger charge is -2.22. The van der Waals surface area contributed by atoms with Crippen LogP contribution in [0.25, 0.3) is 0 Å². The van der Waals surface area contributed by atoms with Crippen LogP contribution in [0.2, 0.25) is 5.02 Å². The van der Waals surface area contributed by atoms with Crippen LogP contribution in [-0.4, -0.2) is 10.3 Å². The van der Waals surface area contributed by atoms with Crippen molar-refractivity contribution in [3.05, 3.63) is 34.3 Å². The topological polar surface area (TPSA) is 0 Å². The SMILES string of the molecule is Cc1cccc(Cl)c1C(=S)PC1CCCCC1. The van der Waals surface area contributed by atoms with E-state index >= 15 is 0 Å². The molecule has 2 rings (SSSR count). The second-order valence-corrected chi connectivity index (χ2v) is 7.52. The number of hydrogen-bond donors (Lipinski definition) is 0. The van der Waals surface area contributed by atoms with Crippen molar-refractivity contribution in [2.45, 2.75) is 44.7 Å². The third-order valence-electron chi connectivity index (χ3n) is 3.39. The molecule has 0 N–H and O–H groups in total. The molecule has 1 unspecified atom stereocenters. The zero-order valence-electron chi connectivity index (χ0n) is 10.1. The van der Waals surface area contributed by atoms with Gasteiger partial charge in [-0.05, 0) is 37.1 Å². The summed E-state index contributed by atoms with van der Waals surface area (Å²) in [5.41, 5.74) is 3.14. The lowest BCUT2D eigenvalue weighted by molar-refractivity contribution is 0.515. The van der Waals surface area contributed by atoms with Crippen molar-refractivity contribution in [3.8, 4) is 0 Å². The zero-order chi connectivity index (χ0) is 12.3. The highest BCUT2D eigenvalue weighted by molar-refractivity contribution is 7.94. The Morgan fingerprint density at radius 2 is 2.00 bits per heavy atom. The molecule has 92 valence electrons. The van der Waals surface area contributed by atoms with Gasteiger partial charge in [-0.15, -0.1) is 0 Å². The molecule has 0 bridgehead atoms. The number of aryl methyl sites for hydroxylation is 1. The molecule has 0 amide bonds. The average molecular weight is 285 g/mol. The minimum absolute atomic E-state index is 0.772. The summed E-state index contributed by atoms with van der Waals surface area (Å²) in [4.78, 5) is 0. The number of hydrogen-bond acceptors (Lipinski definition) is 1. The van der Waals surface area contributed by atoms with E-state index in [1.807, 2.05) is 12.1 Å². The molecule has 1 aliphatic rings. The summed E-state index contributed by atoms with van der Waals surface area (Å²) in [7, 11) is 0.772. The van der Waals surface area contributed by atoms with Crippen molar-refractivity contribution >= 4 is 37.0 Å². The lowest BCUT2D eigenvalue weighted by Crippen LogP contribution is -2.09. The fourth-order valence-corrected chi connectivity index (χ4v) is 5.19. The maximum absolute atomic E-state index is 6.26. The van der Waals surface area contributed by atoms with E-state index in [0.717, 1.165) is 29.4 Å². The standard InChI is InChI=1S/C14H18ClPS/c1-10-6-5-9-12(15)13(10)14(17)16-11-7-3-2-4-8-11/h5-6,9,11,16H,2-4,7-8H2,1H3. The predicted molar refractivity (Wildman–Crippen MR) is 83.1 cm³/mol. The van der Waals surface area contributed by atoms with Gasteiger partial charge in [-0.2, -0.15) is 0 Å². The number of rotatable bonds is 3. The first-order chi connectivity index (χ1) is 8.18. The Morgan fingerprint density at radius 3 is 2.65 bits per heavy atom. The first kappa shape index (κ1) is 13.5. The van der Waals surface area contributed by atoms with Crippen LogP contribution in [0.5, 0.6) is 0 Å². The summed E-state index contributed by atoms with van der Waals surface area (Å²) < 4.78 is 1.08.